The highest BCUT2D eigenvalue weighted by molar-refractivity contribution is 6.18. The molecule has 90 valence electrons. The number of likely N-dealkylation sites (tertiary alicyclic amines) is 1. The monoisotopic (exact) mass is 241 g/mol. The Hall–Kier alpha value is -0.240. The van der Waals surface area contributed by atoms with Crippen molar-refractivity contribution in [2.24, 2.45) is 23.7 Å². The fraction of sp³-hybridized carbons (Fsp3) is 0.923. The van der Waals surface area contributed by atoms with Gasteiger partial charge in [0.1, 0.15) is 0 Å². The molecule has 1 saturated heterocycles. The Morgan fingerprint density at radius 3 is 2.31 bits per heavy atom. The minimum Gasteiger partial charge on any atom is -0.342 e. The molecule has 0 N–H and O–H groups in total. The molecule has 2 saturated carbocycles. The van der Waals surface area contributed by atoms with Gasteiger partial charge in [0.25, 0.3) is 0 Å². The van der Waals surface area contributed by atoms with Crippen molar-refractivity contribution in [1.29, 1.82) is 0 Å². The smallest absolute Gasteiger partial charge is 0.225 e. The van der Waals surface area contributed by atoms with Crippen LogP contribution in [0.2, 0.25) is 0 Å². The van der Waals surface area contributed by atoms with Crippen LogP contribution in [0.3, 0.4) is 0 Å². The van der Waals surface area contributed by atoms with Crippen LogP contribution in [0.15, 0.2) is 0 Å². The number of nitrogens with zero attached hydrogens (tertiary/aromatic N) is 1. The average Bonchev–Trinajstić information content (AvgIpc) is 2.95. The summed E-state index contributed by atoms with van der Waals surface area (Å²) >= 11 is 5.86. The van der Waals surface area contributed by atoms with Crippen LogP contribution in [0.4, 0.5) is 0 Å². The van der Waals surface area contributed by atoms with E-state index in [0.29, 0.717) is 17.7 Å². The van der Waals surface area contributed by atoms with E-state index in [0.717, 1.165) is 43.6 Å². The lowest BCUT2D eigenvalue weighted by atomic mass is 9.96. The van der Waals surface area contributed by atoms with E-state index < -0.39 is 0 Å². The summed E-state index contributed by atoms with van der Waals surface area (Å²) in [5.41, 5.74) is 0. The molecule has 1 aliphatic heterocycles. The van der Waals surface area contributed by atoms with Crippen molar-refractivity contribution in [3.63, 3.8) is 0 Å². The van der Waals surface area contributed by atoms with Gasteiger partial charge in [-0.1, -0.05) is 0 Å². The second-order valence-corrected chi connectivity index (χ2v) is 6.16. The van der Waals surface area contributed by atoms with Gasteiger partial charge in [-0.3, -0.25) is 4.79 Å². The van der Waals surface area contributed by atoms with Crippen molar-refractivity contribution in [2.45, 2.75) is 32.1 Å². The standard InChI is InChI=1S/C13H20ClNO/c14-8-9-1-3-15(4-2-9)13(16)12-6-10-5-11(10)7-12/h9-12H,1-8H2. The van der Waals surface area contributed by atoms with Crippen molar-refractivity contribution in [2.75, 3.05) is 19.0 Å². The van der Waals surface area contributed by atoms with Gasteiger partial charge in [0.15, 0.2) is 0 Å². The lowest BCUT2D eigenvalue weighted by Gasteiger charge is -2.33. The number of carbonyl (C=O) groups is 1. The maximum Gasteiger partial charge on any atom is 0.225 e. The summed E-state index contributed by atoms with van der Waals surface area (Å²) in [7, 11) is 0. The van der Waals surface area contributed by atoms with Gasteiger partial charge >= 0.3 is 0 Å². The second kappa shape index (κ2) is 4.21. The fourth-order valence-electron chi connectivity index (χ4n) is 3.48. The molecule has 3 fully saturated rings. The van der Waals surface area contributed by atoms with E-state index in [-0.39, 0.29) is 0 Å². The van der Waals surface area contributed by atoms with Crippen molar-refractivity contribution >= 4 is 17.5 Å². The molecular formula is C13H20ClNO. The van der Waals surface area contributed by atoms with E-state index in [1.807, 2.05) is 0 Å². The predicted octanol–water partition coefficient (Wildman–Crippen LogP) is 2.51. The van der Waals surface area contributed by atoms with Gasteiger partial charge in [-0.15, -0.1) is 11.6 Å². The minimum atomic E-state index is 0.372. The largest absolute Gasteiger partial charge is 0.342 e. The highest BCUT2D eigenvalue weighted by Gasteiger charge is 2.48. The summed E-state index contributed by atoms with van der Waals surface area (Å²) in [4.78, 5) is 14.4. The first kappa shape index (κ1) is 10.9. The zero-order valence-electron chi connectivity index (χ0n) is 9.70. The van der Waals surface area contributed by atoms with Gasteiger partial charge in [0.05, 0.1) is 0 Å². The molecule has 2 nitrogen and oxygen atoms in total. The predicted molar refractivity (Wildman–Crippen MR) is 64.3 cm³/mol. The van der Waals surface area contributed by atoms with Crippen LogP contribution in [0.1, 0.15) is 32.1 Å². The second-order valence-electron chi connectivity index (χ2n) is 5.85. The Bertz CT molecular complexity index is 276. The minimum absolute atomic E-state index is 0.372. The van der Waals surface area contributed by atoms with E-state index >= 15 is 0 Å². The van der Waals surface area contributed by atoms with Gasteiger partial charge in [-0.25, -0.2) is 0 Å². The number of hydrogen-bond donors (Lipinski definition) is 0. The van der Waals surface area contributed by atoms with E-state index in [4.69, 9.17) is 11.6 Å². The maximum absolute atomic E-state index is 12.3. The van der Waals surface area contributed by atoms with E-state index in [2.05, 4.69) is 4.90 Å². The summed E-state index contributed by atoms with van der Waals surface area (Å²) in [6, 6.07) is 0. The number of carbonyl (C=O) groups excluding carboxylic acids is 1. The topological polar surface area (TPSA) is 20.3 Å². The Labute approximate surface area is 102 Å². The molecule has 3 heteroatoms. The molecule has 0 aromatic rings. The lowest BCUT2D eigenvalue weighted by Crippen LogP contribution is -2.41. The van der Waals surface area contributed by atoms with Gasteiger partial charge in [0.2, 0.25) is 5.91 Å². The lowest BCUT2D eigenvalue weighted by molar-refractivity contribution is -0.137. The molecule has 0 radical (unpaired) electrons. The Balaban J connectivity index is 1.51. The molecule has 0 spiro atoms. The summed E-state index contributed by atoms with van der Waals surface area (Å²) < 4.78 is 0. The van der Waals surface area contributed by atoms with Crippen LogP contribution in [-0.2, 0) is 4.79 Å². The van der Waals surface area contributed by atoms with Gasteiger partial charge in [-0.2, -0.15) is 0 Å². The van der Waals surface area contributed by atoms with Crippen molar-refractivity contribution in [3.05, 3.63) is 0 Å². The summed E-state index contributed by atoms with van der Waals surface area (Å²) in [6.07, 6.45) is 5.97. The first-order chi connectivity index (χ1) is 7.78. The number of rotatable bonds is 2. The molecule has 0 aromatic heterocycles. The third-order valence-electron chi connectivity index (χ3n) is 4.74. The molecular weight excluding hydrogens is 222 g/mol. The zero-order chi connectivity index (χ0) is 11.1. The Kier molecular flexibility index (Phi) is 2.87. The highest BCUT2D eigenvalue weighted by Crippen LogP contribution is 2.54. The SMILES string of the molecule is O=C(C1CC2CC2C1)N1CCC(CCl)CC1. The fourth-order valence-corrected chi connectivity index (χ4v) is 3.79. The Morgan fingerprint density at radius 2 is 1.75 bits per heavy atom. The van der Waals surface area contributed by atoms with Gasteiger partial charge in [0, 0.05) is 24.9 Å². The summed E-state index contributed by atoms with van der Waals surface area (Å²) in [5, 5.41) is 0. The summed E-state index contributed by atoms with van der Waals surface area (Å²) in [5.74, 6) is 4.04. The number of piperidine rings is 1. The molecule has 2 atom stereocenters. The molecule has 3 aliphatic rings. The molecule has 0 aromatic carbocycles. The highest BCUT2D eigenvalue weighted by atomic mass is 35.5. The van der Waals surface area contributed by atoms with Crippen LogP contribution in [0, 0.1) is 23.7 Å². The number of hydrogen-bond acceptors (Lipinski definition) is 1. The van der Waals surface area contributed by atoms with Gasteiger partial charge in [-0.05, 0) is 49.9 Å². The number of alkyl halides is 1. The molecule has 1 heterocycles. The van der Waals surface area contributed by atoms with Crippen LogP contribution in [0.5, 0.6) is 0 Å². The van der Waals surface area contributed by atoms with Crippen LogP contribution in [-0.4, -0.2) is 29.8 Å². The molecule has 1 amide bonds. The number of fused-ring (bicyclic) bond motifs is 1. The zero-order valence-corrected chi connectivity index (χ0v) is 10.5. The summed E-state index contributed by atoms with van der Waals surface area (Å²) in [6.45, 7) is 1.89. The third-order valence-corrected chi connectivity index (χ3v) is 5.17. The van der Waals surface area contributed by atoms with Gasteiger partial charge < -0.3 is 4.90 Å². The van der Waals surface area contributed by atoms with E-state index in [1.165, 1.54) is 19.3 Å². The van der Waals surface area contributed by atoms with E-state index in [9.17, 15) is 4.79 Å². The average molecular weight is 242 g/mol. The quantitative estimate of drug-likeness (QED) is 0.681. The van der Waals surface area contributed by atoms with Crippen LogP contribution in [0.25, 0.3) is 0 Å². The van der Waals surface area contributed by atoms with Crippen LogP contribution >= 0.6 is 11.6 Å². The molecule has 0 bridgehead atoms. The Morgan fingerprint density at radius 1 is 1.12 bits per heavy atom. The number of halogens is 1. The normalized spacial score (nSPS) is 38.6. The van der Waals surface area contributed by atoms with Crippen molar-refractivity contribution < 1.29 is 4.79 Å². The van der Waals surface area contributed by atoms with Crippen molar-refractivity contribution in [1.82, 2.24) is 4.90 Å². The molecule has 2 aliphatic carbocycles. The number of amides is 1. The maximum atomic E-state index is 12.3. The first-order valence-electron chi connectivity index (χ1n) is 6.62. The molecule has 2 unspecified atom stereocenters. The third kappa shape index (κ3) is 1.97. The van der Waals surface area contributed by atoms with E-state index in [1.54, 1.807) is 0 Å². The van der Waals surface area contributed by atoms with Crippen LogP contribution < -0.4 is 0 Å². The molecule has 16 heavy (non-hydrogen) atoms. The van der Waals surface area contributed by atoms with Crippen molar-refractivity contribution in [3.8, 4) is 0 Å². The first-order valence-corrected chi connectivity index (χ1v) is 7.16. The molecule has 3 rings (SSSR count).